The first kappa shape index (κ1) is 10.7. The van der Waals surface area contributed by atoms with Crippen LogP contribution in [0.25, 0.3) is 10.9 Å². The van der Waals surface area contributed by atoms with Gasteiger partial charge in [-0.15, -0.1) is 11.8 Å². The van der Waals surface area contributed by atoms with Gasteiger partial charge in [-0.3, -0.25) is 4.98 Å². The number of hydrogen-bond acceptors (Lipinski definition) is 3. The summed E-state index contributed by atoms with van der Waals surface area (Å²) in [6.45, 7) is 0. The number of hydrogen-bond donors (Lipinski definition) is 0. The number of halogens is 1. The van der Waals surface area contributed by atoms with Gasteiger partial charge in [0.05, 0.1) is 11.1 Å². The summed E-state index contributed by atoms with van der Waals surface area (Å²) in [5.41, 5.74) is 1.59. The molecule has 0 atom stereocenters. The summed E-state index contributed by atoms with van der Waals surface area (Å²) in [4.78, 5) is 5.28. The van der Waals surface area contributed by atoms with Gasteiger partial charge in [-0.25, -0.2) is 0 Å². The Balaban J connectivity index is 2.86. The highest BCUT2D eigenvalue weighted by atomic mass is 127. The molecule has 0 amide bonds. The molecule has 0 N–H and O–H groups in total. The third-order valence-electron chi connectivity index (χ3n) is 2.11. The van der Waals surface area contributed by atoms with Crippen LogP contribution in [-0.4, -0.2) is 11.2 Å². The van der Waals surface area contributed by atoms with E-state index in [0.717, 1.165) is 19.4 Å². The van der Waals surface area contributed by atoms with Crippen molar-refractivity contribution < 1.29 is 0 Å². The van der Waals surface area contributed by atoms with E-state index in [1.807, 2.05) is 18.4 Å². The molecule has 2 rings (SSSR count). The number of pyridine rings is 1. The predicted molar refractivity (Wildman–Crippen MR) is 71.0 cm³/mol. The van der Waals surface area contributed by atoms with Crippen LogP contribution in [0.2, 0.25) is 0 Å². The van der Waals surface area contributed by atoms with Crippen LogP contribution in [0.3, 0.4) is 0 Å². The molecule has 1 aromatic carbocycles. The van der Waals surface area contributed by atoms with E-state index in [4.69, 9.17) is 5.26 Å². The van der Waals surface area contributed by atoms with Gasteiger partial charge in [0.25, 0.3) is 0 Å². The fraction of sp³-hybridized carbons (Fsp3) is 0.0909. The SMILES string of the molecule is CSc1c(C#N)cnc2ccc(I)cc12. The average Bonchev–Trinajstić information content (AvgIpc) is 2.27. The molecule has 2 aromatic rings. The molecule has 0 saturated heterocycles. The normalized spacial score (nSPS) is 10.2. The highest BCUT2D eigenvalue weighted by Gasteiger charge is 2.07. The van der Waals surface area contributed by atoms with Crippen molar-refractivity contribution in [2.75, 3.05) is 6.26 Å². The van der Waals surface area contributed by atoms with Gasteiger partial charge in [0.1, 0.15) is 6.07 Å². The van der Waals surface area contributed by atoms with Crippen LogP contribution in [0.5, 0.6) is 0 Å². The van der Waals surface area contributed by atoms with Crippen molar-refractivity contribution in [3.05, 3.63) is 33.5 Å². The monoisotopic (exact) mass is 326 g/mol. The lowest BCUT2D eigenvalue weighted by molar-refractivity contribution is 1.30. The van der Waals surface area contributed by atoms with Gasteiger partial charge in [0, 0.05) is 20.0 Å². The first-order valence-electron chi connectivity index (χ1n) is 4.28. The third kappa shape index (κ3) is 1.94. The lowest BCUT2D eigenvalue weighted by Gasteiger charge is -2.05. The van der Waals surface area contributed by atoms with Gasteiger partial charge in [-0.05, 0) is 47.0 Å². The number of nitriles is 1. The van der Waals surface area contributed by atoms with E-state index in [1.54, 1.807) is 18.0 Å². The van der Waals surface area contributed by atoms with Crippen LogP contribution in [0.1, 0.15) is 5.56 Å². The summed E-state index contributed by atoms with van der Waals surface area (Å²) < 4.78 is 1.16. The van der Waals surface area contributed by atoms with Gasteiger partial charge < -0.3 is 0 Å². The van der Waals surface area contributed by atoms with Crippen molar-refractivity contribution in [1.29, 1.82) is 5.26 Å². The minimum absolute atomic E-state index is 0.650. The maximum Gasteiger partial charge on any atom is 0.102 e. The van der Waals surface area contributed by atoms with Crippen molar-refractivity contribution in [2.24, 2.45) is 0 Å². The standard InChI is InChI=1S/C11H7IN2S/c1-15-11-7(5-13)6-14-10-3-2-8(12)4-9(10)11/h2-4,6H,1H3. The molecule has 0 aliphatic carbocycles. The fourth-order valence-corrected chi connectivity index (χ4v) is 2.63. The zero-order valence-electron chi connectivity index (χ0n) is 7.99. The molecule has 0 aliphatic heterocycles. The largest absolute Gasteiger partial charge is 0.255 e. The quantitative estimate of drug-likeness (QED) is 0.595. The van der Waals surface area contributed by atoms with Crippen LogP contribution in [-0.2, 0) is 0 Å². The Morgan fingerprint density at radius 2 is 2.27 bits per heavy atom. The zero-order chi connectivity index (χ0) is 10.8. The van der Waals surface area contributed by atoms with Crippen LogP contribution in [0.15, 0.2) is 29.3 Å². The first-order chi connectivity index (χ1) is 7.26. The smallest absolute Gasteiger partial charge is 0.102 e. The molecule has 1 heterocycles. The van der Waals surface area contributed by atoms with E-state index in [1.165, 1.54) is 0 Å². The summed E-state index contributed by atoms with van der Waals surface area (Å²) in [6.07, 6.45) is 3.62. The lowest BCUT2D eigenvalue weighted by Crippen LogP contribution is -1.88. The van der Waals surface area contributed by atoms with E-state index < -0.39 is 0 Å². The minimum Gasteiger partial charge on any atom is -0.255 e. The summed E-state index contributed by atoms with van der Waals surface area (Å²) in [5, 5.41) is 10.0. The fourth-order valence-electron chi connectivity index (χ4n) is 1.44. The molecule has 2 nitrogen and oxygen atoms in total. The molecule has 0 spiro atoms. The Hall–Kier alpha value is -0.800. The number of nitrogens with zero attached hydrogens (tertiary/aromatic N) is 2. The summed E-state index contributed by atoms with van der Waals surface area (Å²) in [6, 6.07) is 8.24. The topological polar surface area (TPSA) is 36.7 Å². The number of aromatic nitrogens is 1. The third-order valence-corrected chi connectivity index (χ3v) is 3.62. The summed E-state index contributed by atoms with van der Waals surface area (Å²) in [7, 11) is 0. The van der Waals surface area contributed by atoms with Crippen molar-refractivity contribution in [1.82, 2.24) is 4.98 Å². The number of rotatable bonds is 1. The molecular weight excluding hydrogens is 319 g/mol. The van der Waals surface area contributed by atoms with Crippen LogP contribution >= 0.6 is 34.4 Å². The Labute approximate surface area is 106 Å². The van der Waals surface area contributed by atoms with Gasteiger partial charge in [0.2, 0.25) is 0 Å². The summed E-state index contributed by atoms with van der Waals surface area (Å²) >= 11 is 3.86. The highest BCUT2D eigenvalue weighted by molar-refractivity contribution is 14.1. The molecule has 4 heteroatoms. The molecule has 0 unspecified atom stereocenters. The van der Waals surface area contributed by atoms with Crippen LogP contribution in [0, 0.1) is 14.9 Å². The second-order valence-corrected chi connectivity index (χ2v) is 5.04. The molecule has 1 aromatic heterocycles. The molecule has 0 bridgehead atoms. The molecule has 0 radical (unpaired) electrons. The molecule has 0 aliphatic rings. The van der Waals surface area contributed by atoms with Crippen molar-refractivity contribution >= 4 is 45.3 Å². The number of thioether (sulfide) groups is 1. The Morgan fingerprint density at radius 1 is 1.47 bits per heavy atom. The number of benzene rings is 1. The first-order valence-corrected chi connectivity index (χ1v) is 6.59. The average molecular weight is 326 g/mol. The maximum atomic E-state index is 8.97. The van der Waals surface area contributed by atoms with E-state index in [9.17, 15) is 0 Å². The highest BCUT2D eigenvalue weighted by Crippen LogP contribution is 2.29. The van der Waals surface area contributed by atoms with E-state index in [2.05, 4.69) is 39.7 Å². The maximum absolute atomic E-state index is 8.97. The van der Waals surface area contributed by atoms with Gasteiger partial charge in [-0.1, -0.05) is 0 Å². The van der Waals surface area contributed by atoms with Crippen molar-refractivity contribution in [2.45, 2.75) is 4.90 Å². The van der Waals surface area contributed by atoms with Gasteiger partial charge in [0.15, 0.2) is 0 Å². The zero-order valence-corrected chi connectivity index (χ0v) is 11.0. The second-order valence-electron chi connectivity index (χ2n) is 2.98. The molecule has 15 heavy (non-hydrogen) atoms. The van der Waals surface area contributed by atoms with E-state index >= 15 is 0 Å². The lowest BCUT2D eigenvalue weighted by atomic mass is 10.2. The molecule has 0 saturated carbocycles. The Morgan fingerprint density at radius 3 is 2.93 bits per heavy atom. The Kier molecular flexibility index (Phi) is 3.12. The van der Waals surface area contributed by atoms with Gasteiger partial charge in [-0.2, -0.15) is 5.26 Å². The Bertz CT molecular complexity index is 560. The number of fused-ring (bicyclic) bond motifs is 1. The molecular formula is C11H7IN2S. The predicted octanol–water partition coefficient (Wildman–Crippen LogP) is 3.43. The minimum atomic E-state index is 0.650. The van der Waals surface area contributed by atoms with Crippen LogP contribution < -0.4 is 0 Å². The molecule has 0 fully saturated rings. The molecule has 74 valence electrons. The second kappa shape index (κ2) is 4.37. The van der Waals surface area contributed by atoms with E-state index in [0.29, 0.717) is 5.56 Å². The van der Waals surface area contributed by atoms with Crippen molar-refractivity contribution in [3.8, 4) is 6.07 Å². The van der Waals surface area contributed by atoms with Crippen LogP contribution in [0.4, 0.5) is 0 Å². The van der Waals surface area contributed by atoms with E-state index in [-0.39, 0.29) is 0 Å². The van der Waals surface area contributed by atoms with Gasteiger partial charge >= 0.3 is 0 Å². The van der Waals surface area contributed by atoms with Crippen molar-refractivity contribution in [3.63, 3.8) is 0 Å². The summed E-state index contributed by atoms with van der Waals surface area (Å²) in [5.74, 6) is 0.